The molecule has 0 aliphatic carbocycles. The molecule has 2 aromatic rings. The van der Waals surface area contributed by atoms with Crippen molar-refractivity contribution >= 4 is 29.9 Å². The molecular weight excluding hydrogens is 236 g/mol. The molecule has 0 radical (unpaired) electrons. The molecule has 2 rings (SSSR count). The summed E-state index contributed by atoms with van der Waals surface area (Å²) >= 11 is 0. The predicted octanol–water partition coefficient (Wildman–Crippen LogP) is 2.56. The summed E-state index contributed by atoms with van der Waals surface area (Å²) in [6.45, 7) is 0. The Kier molecular flexibility index (Phi) is 4.97. The second-order valence-electron chi connectivity index (χ2n) is 3.18. The molecule has 0 saturated carbocycles. The summed E-state index contributed by atoms with van der Waals surface area (Å²) in [4.78, 5) is 8.18. The van der Waals surface area contributed by atoms with E-state index < -0.39 is 0 Å². The number of benzene rings is 1. The van der Waals surface area contributed by atoms with Crippen LogP contribution in [0.5, 0.6) is 0 Å². The fourth-order valence-electron chi connectivity index (χ4n) is 1.24. The van der Waals surface area contributed by atoms with Gasteiger partial charge in [-0.05, 0) is 24.3 Å². The second-order valence-corrected chi connectivity index (χ2v) is 3.18. The van der Waals surface area contributed by atoms with E-state index >= 15 is 0 Å². The van der Waals surface area contributed by atoms with Crippen molar-refractivity contribution in [3.05, 3.63) is 54.7 Å². The number of pyridine rings is 1. The van der Waals surface area contributed by atoms with Gasteiger partial charge in [-0.3, -0.25) is 0 Å². The lowest BCUT2D eigenvalue weighted by Crippen LogP contribution is -2.21. The molecule has 0 fully saturated rings. The number of halogens is 1. The fraction of sp³-hybridized carbons (Fsp3) is 0. The highest BCUT2D eigenvalue weighted by Crippen LogP contribution is 2.07. The molecule has 5 heteroatoms. The first kappa shape index (κ1) is 13.0. The van der Waals surface area contributed by atoms with Crippen molar-refractivity contribution in [3.8, 4) is 0 Å². The van der Waals surface area contributed by atoms with Crippen molar-refractivity contribution in [2.75, 3.05) is 5.32 Å². The Balaban J connectivity index is 0.00000144. The highest BCUT2D eigenvalue weighted by Gasteiger charge is 1.94. The topological polar surface area (TPSA) is 63.3 Å². The maximum atomic E-state index is 5.74. The van der Waals surface area contributed by atoms with Crippen LogP contribution in [0.1, 0.15) is 0 Å². The zero-order valence-electron chi connectivity index (χ0n) is 9.08. The van der Waals surface area contributed by atoms with Gasteiger partial charge < -0.3 is 11.1 Å². The van der Waals surface area contributed by atoms with Gasteiger partial charge in [0.2, 0.25) is 0 Å². The molecular formula is C12H13ClN4. The molecule has 1 aromatic carbocycles. The molecule has 0 atom stereocenters. The number of rotatable bonds is 2. The van der Waals surface area contributed by atoms with Crippen LogP contribution >= 0.6 is 12.4 Å². The van der Waals surface area contributed by atoms with Gasteiger partial charge in [-0.2, -0.15) is 4.99 Å². The third-order valence-corrected chi connectivity index (χ3v) is 1.93. The van der Waals surface area contributed by atoms with Gasteiger partial charge in [0, 0.05) is 11.9 Å². The summed E-state index contributed by atoms with van der Waals surface area (Å²) < 4.78 is 0. The lowest BCUT2D eigenvalue weighted by molar-refractivity contribution is 1.26. The van der Waals surface area contributed by atoms with Crippen molar-refractivity contribution in [1.29, 1.82) is 0 Å². The Labute approximate surface area is 106 Å². The molecule has 0 saturated heterocycles. The SMILES string of the molecule is Cl.NC(=Nc1ccccn1)Nc1ccccc1. The molecule has 4 nitrogen and oxygen atoms in total. The second kappa shape index (κ2) is 6.50. The van der Waals surface area contributed by atoms with Crippen molar-refractivity contribution in [2.24, 2.45) is 10.7 Å². The molecule has 0 spiro atoms. The predicted molar refractivity (Wildman–Crippen MR) is 72.8 cm³/mol. The molecule has 0 unspecified atom stereocenters. The van der Waals surface area contributed by atoms with Gasteiger partial charge in [-0.15, -0.1) is 12.4 Å². The van der Waals surface area contributed by atoms with Crippen molar-refractivity contribution in [1.82, 2.24) is 4.98 Å². The zero-order chi connectivity index (χ0) is 11.2. The van der Waals surface area contributed by atoms with E-state index in [9.17, 15) is 0 Å². The largest absolute Gasteiger partial charge is 0.369 e. The van der Waals surface area contributed by atoms with Gasteiger partial charge in [0.05, 0.1) is 0 Å². The van der Waals surface area contributed by atoms with E-state index in [-0.39, 0.29) is 12.4 Å². The molecule has 0 amide bonds. The van der Waals surface area contributed by atoms with E-state index in [4.69, 9.17) is 5.73 Å². The molecule has 1 heterocycles. The molecule has 3 N–H and O–H groups in total. The Bertz CT molecular complexity index is 470. The molecule has 0 bridgehead atoms. The van der Waals surface area contributed by atoms with Gasteiger partial charge in [0.1, 0.15) is 0 Å². The Morgan fingerprint density at radius 2 is 1.76 bits per heavy atom. The summed E-state index contributed by atoms with van der Waals surface area (Å²) in [5, 5.41) is 2.98. The highest BCUT2D eigenvalue weighted by molar-refractivity contribution is 5.93. The minimum atomic E-state index is 0. The smallest absolute Gasteiger partial charge is 0.199 e. The van der Waals surface area contributed by atoms with Gasteiger partial charge in [-0.1, -0.05) is 24.3 Å². The number of anilines is 1. The summed E-state index contributed by atoms with van der Waals surface area (Å²) in [5.41, 5.74) is 6.64. The Hall–Kier alpha value is -2.07. The van der Waals surface area contributed by atoms with Gasteiger partial charge in [0.25, 0.3) is 0 Å². The summed E-state index contributed by atoms with van der Waals surface area (Å²) in [6, 6.07) is 15.1. The minimum absolute atomic E-state index is 0. The maximum Gasteiger partial charge on any atom is 0.199 e. The number of hydrogen-bond donors (Lipinski definition) is 2. The lowest BCUT2D eigenvalue weighted by Gasteiger charge is -2.04. The summed E-state index contributed by atoms with van der Waals surface area (Å²) in [5.74, 6) is 0.910. The van der Waals surface area contributed by atoms with E-state index in [1.807, 2.05) is 42.5 Å². The van der Waals surface area contributed by atoms with E-state index in [0.717, 1.165) is 5.69 Å². The van der Waals surface area contributed by atoms with E-state index in [2.05, 4.69) is 15.3 Å². The maximum absolute atomic E-state index is 5.74. The normalized spacial score (nSPS) is 10.5. The number of nitrogens with zero attached hydrogens (tertiary/aromatic N) is 2. The number of guanidine groups is 1. The molecule has 0 aliphatic rings. The highest BCUT2D eigenvalue weighted by atomic mass is 35.5. The molecule has 88 valence electrons. The van der Waals surface area contributed by atoms with Crippen molar-refractivity contribution < 1.29 is 0 Å². The van der Waals surface area contributed by atoms with Gasteiger partial charge in [0.15, 0.2) is 11.8 Å². The molecule has 0 aliphatic heterocycles. The first-order valence-electron chi connectivity index (χ1n) is 4.92. The standard InChI is InChI=1S/C12H12N4.ClH/c13-12(15-10-6-2-1-3-7-10)16-11-8-4-5-9-14-11;/h1-9H,(H3,13,14,15,16);1H. The lowest BCUT2D eigenvalue weighted by atomic mass is 10.3. The zero-order valence-corrected chi connectivity index (χ0v) is 9.89. The number of nitrogens with two attached hydrogens (primary N) is 1. The number of para-hydroxylation sites is 1. The van der Waals surface area contributed by atoms with E-state index in [1.165, 1.54) is 0 Å². The van der Waals surface area contributed by atoms with Crippen LogP contribution in [0.2, 0.25) is 0 Å². The number of nitrogens with one attached hydrogen (secondary N) is 1. The third kappa shape index (κ3) is 4.12. The molecule has 1 aromatic heterocycles. The summed E-state index contributed by atoms with van der Waals surface area (Å²) in [6.07, 6.45) is 1.68. The van der Waals surface area contributed by atoms with Crippen LogP contribution in [0.3, 0.4) is 0 Å². The van der Waals surface area contributed by atoms with Gasteiger partial charge >= 0.3 is 0 Å². The van der Waals surface area contributed by atoms with Crippen LogP contribution in [0.4, 0.5) is 11.5 Å². The fourth-order valence-corrected chi connectivity index (χ4v) is 1.24. The summed E-state index contributed by atoms with van der Waals surface area (Å²) in [7, 11) is 0. The quantitative estimate of drug-likeness (QED) is 0.634. The Morgan fingerprint density at radius 1 is 1.06 bits per heavy atom. The van der Waals surface area contributed by atoms with Crippen molar-refractivity contribution in [2.45, 2.75) is 0 Å². The molecule has 17 heavy (non-hydrogen) atoms. The van der Waals surface area contributed by atoms with Crippen LogP contribution < -0.4 is 11.1 Å². The average molecular weight is 249 g/mol. The van der Waals surface area contributed by atoms with Crippen LogP contribution in [-0.4, -0.2) is 10.9 Å². The number of hydrogen-bond acceptors (Lipinski definition) is 2. The third-order valence-electron chi connectivity index (χ3n) is 1.93. The van der Waals surface area contributed by atoms with Crippen LogP contribution in [0.15, 0.2) is 59.7 Å². The Morgan fingerprint density at radius 3 is 2.41 bits per heavy atom. The first-order valence-corrected chi connectivity index (χ1v) is 4.92. The van der Waals surface area contributed by atoms with Crippen LogP contribution in [0, 0.1) is 0 Å². The van der Waals surface area contributed by atoms with Crippen LogP contribution in [0.25, 0.3) is 0 Å². The number of aromatic nitrogens is 1. The minimum Gasteiger partial charge on any atom is -0.369 e. The monoisotopic (exact) mass is 248 g/mol. The van der Waals surface area contributed by atoms with Crippen LogP contribution in [-0.2, 0) is 0 Å². The van der Waals surface area contributed by atoms with Gasteiger partial charge in [-0.25, -0.2) is 4.98 Å². The van der Waals surface area contributed by atoms with E-state index in [0.29, 0.717) is 11.8 Å². The van der Waals surface area contributed by atoms with Crippen molar-refractivity contribution in [3.63, 3.8) is 0 Å². The number of aliphatic imine (C=N–C) groups is 1. The first-order chi connectivity index (χ1) is 7.84. The average Bonchev–Trinajstić information content (AvgIpc) is 2.31. The van der Waals surface area contributed by atoms with E-state index in [1.54, 1.807) is 12.3 Å².